The molecule has 0 aliphatic rings. The molecule has 29 heavy (non-hydrogen) atoms. The summed E-state index contributed by atoms with van der Waals surface area (Å²) in [6.07, 6.45) is 2.63. The van der Waals surface area contributed by atoms with Crippen molar-refractivity contribution in [2.75, 3.05) is 32.0 Å². The minimum Gasteiger partial charge on any atom is -0.466 e. The van der Waals surface area contributed by atoms with Gasteiger partial charge in [0.25, 0.3) is 0 Å². The van der Waals surface area contributed by atoms with Crippen LogP contribution in [-0.4, -0.2) is 39.2 Å². The lowest BCUT2D eigenvalue weighted by Gasteiger charge is -2.15. The molecule has 0 saturated carbocycles. The Hall–Kier alpha value is -3.81. The summed E-state index contributed by atoms with van der Waals surface area (Å²) in [6.45, 7) is 1.72. The minimum atomic E-state index is -0.719. The van der Waals surface area contributed by atoms with Gasteiger partial charge in [-0.1, -0.05) is 30.3 Å². The van der Waals surface area contributed by atoms with Crippen LogP contribution in [0.1, 0.15) is 6.92 Å². The molecule has 2 N–H and O–H groups in total. The van der Waals surface area contributed by atoms with E-state index in [1.54, 1.807) is 31.2 Å². The van der Waals surface area contributed by atoms with Crippen molar-refractivity contribution in [1.82, 2.24) is 0 Å². The zero-order valence-electron chi connectivity index (χ0n) is 16.6. The summed E-state index contributed by atoms with van der Waals surface area (Å²) in [6, 6.07) is 10.8. The van der Waals surface area contributed by atoms with Gasteiger partial charge in [0, 0.05) is 22.1 Å². The Morgan fingerprint density at radius 1 is 0.759 bits per heavy atom. The zero-order chi connectivity index (χ0) is 21.4. The second-order valence-electron chi connectivity index (χ2n) is 5.72. The maximum absolute atomic E-state index is 12.0. The maximum Gasteiger partial charge on any atom is 0.354 e. The summed E-state index contributed by atoms with van der Waals surface area (Å²) < 4.78 is 14.1. The zero-order valence-corrected chi connectivity index (χ0v) is 16.6. The van der Waals surface area contributed by atoms with Crippen LogP contribution in [0.4, 0.5) is 11.4 Å². The van der Waals surface area contributed by atoms with E-state index in [1.807, 2.05) is 18.2 Å². The minimum absolute atomic E-state index is 0.0751. The Morgan fingerprint density at radius 3 is 1.69 bits per heavy atom. The largest absolute Gasteiger partial charge is 0.466 e. The van der Waals surface area contributed by atoms with Gasteiger partial charge in [-0.15, -0.1) is 0 Å². The Balaban J connectivity index is 2.49. The van der Waals surface area contributed by atoms with E-state index >= 15 is 0 Å². The first-order chi connectivity index (χ1) is 13.9. The van der Waals surface area contributed by atoms with Crippen LogP contribution < -0.4 is 10.6 Å². The average Bonchev–Trinajstić information content (AvgIpc) is 2.75. The molecule has 0 saturated heterocycles. The number of hydrogen-bond donors (Lipinski definition) is 2. The number of rotatable bonds is 7. The Kier molecular flexibility index (Phi) is 7.36. The maximum atomic E-state index is 12.0. The predicted molar refractivity (Wildman–Crippen MR) is 109 cm³/mol. The van der Waals surface area contributed by atoms with E-state index < -0.39 is 17.9 Å². The van der Waals surface area contributed by atoms with Gasteiger partial charge in [-0.2, -0.15) is 0 Å². The van der Waals surface area contributed by atoms with Crippen LogP contribution in [0.15, 0.2) is 59.9 Å². The molecular formula is C21H22N2O6. The molecule has 0 aromatic heterocycles. The topological polar surface area (TPSA) is 103 Å². The van der Waals surface area contributed by atoms with Gasteiger partial charge in [0.05, 0.1) is 27.4 Å². The standard InChI is InChI=1S/C21H22N2O6/c1-5-15(20(25)28-3)22-16-10-6-9-14-13(16)8-7-11-17(14)23-18(21(26)29-4)12-19(24)27-2/h5-12,22-23H,1-4H3/b15-5+,18-12+. The normalized spacial score (nSPS) is 11.6. The lowest BCUT2D eigenvalue weighted by atomic mass is 10.1. The fourth-order valence-electron chi connectivity index (χ4n) is 2.60. The number of esters is 3. The molecule has 2 aromatic carbocycles. The van der Waals surface area contributed by atoms with Gasteiger partial charge in [0.15, 0.2) is 0 Å². The van der Waals surface area contributed by atoms with Crippen LogP contribution in [0.3, 0.4) is 0 Å². The lowest BCUT2D eigenvalue weighted by Crippen LogP contribution is -2.15. The van der Waals surface area contributed by atoms with Gasteiger partial charge >= 0.3 is 17.9 Å². The average molecular weight is 398 g/mol. The quantitative estimate of drug-likeness (QED) is 0.417. The Morgan fingerprint density at radius 2 is 1.24 bits per heavy atom. The fourth-order valence-corrected chi connectivity index (χ4v) is 2.60. The number of benzene rings is 2. The highest BCUT2D eigenvalue weighted by molar-refractivity contribution is 6.06. The highest BCUT2D eigenvalue weighted by Crippen LogP contribution is 2.31. The number of nitrogens with one attached hydrogen (secondary N) is 2. The third-order valence-electron chi connectivity index (χ3n) is 4.02. The molecule has 8 nitrogen and oxygen atoms in total. The molecule has 0 fully saturated rings. The van der Waals surface area contributed by atoms with Crippen molar-refractivity contribution in [3.63, 3.8) is 0 Å². The summed E-state index contributed by atoms with van der Waals surface area (Å²) in [5.41, 5.74) is 1.45. The van der Waals surface area contributed by atoms with Crippen LogP contribution >= 0.6 is 0 Å². The molecule has 8 heteroatoms. The molecule has 0 bridgehead atoms. The van der Waals surface area contributed by atoms with Gasteiger partial charge in [-0.25, -0.2) is 14.4 Å². The highest BCUT2D eigenvalue weighted by Gasteiger charge is 2.15. The van der Waals surface area contributed by atoms with E-state index in [9.17, 15) is 14.4 Å². The number of allylic oxidation sites excluding steroid dienone is 1. The van der Waals surface area contributed by atoms with Crippen LogP contribution in [0.25, 0.3) is 10.8 Å². The molecule has 0 amide bonds. The molecule has 152 valence electrons. The molecule has 0 aliphatic carbocycles. The number of methoxy groups -OCH3 is 3. The Bertz CT molecular complexity index is 994. The number of carbonyl (C=O) groups is 3. The van der Waals surface area contributed by atoms with Crippen LogP contribution in [0.5, 0.6) is 0 Å². The van der Waals surface area contributed by atoms with Crippen molar-refractivity contribution in [1.29, 1.82) is 0 Å². The summed E-state index contributed by atoms with van der Waals surface area (Å²) in [4.78, 5) is 35.5. The number of fused-ring (bicyclic) bond motifs is 1. The second-order valence-corrected chi connectivity index (χ2v) is 5.72. The van der Waals surface area contributed by atoms with Crippen LogP contribution in [-0.2, 0) is 28.6 Å². The summed E-state index contributed by atoms with van der Waals surface area (Å²) >= 11 is 0. The van der Waals surface area contributed by atoms with Crippen molar-refractivity contribution in [3.8, 4) is 0 Å². The SMILES string of the molecule is C/C=C(/Nc1cccc2c(N/C(=C/C(=O)OC)C(=O)OC)cccc12)C(=O)OC. The van der Waals surface area contributed by atoms with E-state index in [0.717, 1.165) is 16.8 Å². The van der Waals surface area contributed by atoms with E-state index in [0.29, 0.717) is 17.1 Å². The molecule has 2 rings (SSSR count). The summed E-state index contributed by atoms with van der Waals surface area (Å²) in [5, 5.41) is 7.50. The molecule has 0 unspecified atom stereocenters. The molecule has 2 aromatic rings. The van der Waals surface area contributed by atoms with Crippen LogP contribution in [0, 0.1) is 0 Å². The van der Waals surface area contributed by atoms with Crippen molar-refractivity contribution in [2.45, 2.75) is 6.92 Å². The highest BCUT2D eigenvalue weighted by atomic mass is 16.5. The van der Waals surface area contributed by atoms with Crippen molar-refractivity contribution >= 4 is 40.1 Å². The third kappa shape index (κ3) is 5.13. The Labute approximate surface area is 168 Å². The molecule has 0 aliphatic heterocycles. The van der Waals surface area contributed by atoms with Crippen molar-refractivity contribution in [2.24, 2.45) is 0 Å². The monoisotopic (exact) mass is 398 g/mol. The summed E-state index contributed by atoms with van der Waals surface area (Å²) in [7, 11) is 3.73. The first-order valence-electron chi connectivity index (χ1n) is 8.63. The predicted octanol–water partition coefficient (Wildman–Crippen LogP) is 2.97. The first-order valence-corrected chi connectivity index (χ1v) is 8.63. The van der Waals surface area contributed by atoms with E-state index in [2.05, 4.69) is 15.4 Å². The van der Waals surface area contributed by atoms with Gasteiger partial charge < -0.3 is 24.8 Å². The lowest BCUT2D eigenvalue weighted by molar-refractivity contribution is -0.138. The first kappa shape index (κ1) is 21.5. The van der Waals surface area contributed by atoms with Gasteiger partial charge in [-0.05, 0) is 19.1 Å². The molecule has 0 spiro atoms. The molecule has 0 heterocycles. The summed E-state index contributed by atoms with van der Waals surface area (Å²) in [5.74, 6) is -1.91. The molecule has 0 radical (unpaired) electrons. The number of hydrogen-bond acceptors (Lipinski definition) is 8. The van der Waals surface area contributed by atoms with E-state index in [4.69, 9.17) is 9.47 Å². The smallest absolute Gasteiger partial charge is 0.354 e. The van der Waals surface area contributed by atoms with E-state index in [-0.39, 0.29) is 5.70 Å². The second kappa shape index (κ2) is 9.93. The number of ether oxygens (including phenoxy) is 3. The molecule has 0 atom stereocenters. The van der Waals surface area contributed by atoms with E-state index in [1.165, 1.54) is 21.3 Å². The van der Waals surface area contributed by atoms with Gasteiger partial charge in [0.2, 0.25) is 0 Å². The van der Waals surface area contributed by atoms with Crippen molar-refractivity contribution in [3.05, 3.63) is 59.9 Å². The fraction of sp³-hybridized carbons (Fsp3) is 0.190. The van der Waals surface area contributed by atoms with Gasteiger partial charge in [0.1, 0.15) is 11.4 Å². The third-order valence-corrected chi connectivity index (χ3v) is 4.02. The van der Waals surface area contributed by atoms with Crippen LogP contribution in [0.2, 0.25) is 0 Å². The number of carbonyl (C=O) groups excluding carboxylic acids is 3. The molecular weight excluding hydrogens is 376 g/mol. The van der Waals surface area contributed by atoms with Gasteiger partial charge in [-0.3, -0.25) is 0 Å². The van der Waals surface area contributed by atoms with Crippen molar-refractivity contribution < 1.29 is 28.6 Å². The number of anilines is 2.